The highest BCUT2D eigenvalue weighted by Crippen LogP contribution is 2.31. The maximum absolute atomic E-state index is 12.9. The van der Waals surface area contributed by atoms with Crippen molar-refractivity contribution in [2.45, 2.75) is 64.4 Å². The van der Waals surface area contributed by atoms with Gasteiger partial charge in [0, 0.05) is 61.8 Å². The van der Waals surface area contributed by atoms with Crippen molar-refractivity contribution in [1.82, 2.24) is 24.2 Å². The molecule has 0 saturated carbocycles. The lowest BCUT2D eigenvalue weighted by molar-refractivity contribution is 0.0410. The van der Waals surface area contributed by atoms with Crippen LogP contribution in [-0.2, 0) is 24.2 Å². The number of primary amides is 1. The van der Waals surface area contributed by atoms with Crippen molar-refractivity contribution in [2.24, 2.45) is 5.73 Å². The summed E-state index contributed by atoms with van der Waals surface area (Å²) < 4.78 is 9.50. The fourth-order valence-electron chi connectivity index (χ4n) is 4.84. The van der Waals surface area contributed by atoms with Crippen LogP contribution in [0.4, 0.5) is 0 Å². The van der Waals surface area contributed by atoms with E-state index in [1.54, 1.807) is 22.5 Å². The number of carbonyl (C=O) groups excluding carboxylic acids is 2. The van der Waals surface area contributed by atoms with Gasteiger partial charge < -0.3 is 15.0 Å². The Kier molecular flexibility index (Phi) is 9.39. The van der Waals surface area contributed by atoms with Crippen molar-refractivity contribution in [3.8, 4) is 0 Å². The van der Waals surface area contributed by atoms with Gasteiger partial charge in [-0.05, 0) is 44.9 Å². The zero-order valence-electron chi connectivity index (χ0n) is 22.2. The third-order valence-corrected chi connectivity index (χ3v) is 7.69. The number of nitrogens with two attached hydrogens (primary N) is 1. The van der Waals surface area contributed by atoms with Crippen LogP contribution in [0.1, 0.15) is 65.5 Å². The summed E-state index contributed by atoms with van der Waals surface area (Å²) in [5.74, 6) is 1.51. The van der Waals surface area contributed by atoms with Crippen molar-refractivity contribution in [1.29, 1.82) is 0 Å². The number of fused-ring (bicyclic) bond motifs is 1. The molecule has 10 heteroatoms. The number of imidazole rings is 1. The standard InChI is InChI=1S/C27H38N6O3S/c1-4-9-32-25(8-6-7-23(34)22-16-19(3)30-33(22)5-2)29-21-17-20(27(28)35)18-24(26(21)32)37-15-12-31-10-13-36-14-11-31/h16-18H,4-15H2,1-3H3,(H2,28,35). The smallest absolute Gasteiger partial charge is 0.248 e. The molecule has 1 aromatic carbocycles. The number of ketones is 1. The molecule has 1 fully saturated rings. The molecule has 0 aliphatic carbocycles. The van der Waals surface area contributed by atoms with Gasteiger partial charge in [0.1, 0.15) is 11.5 Å². The largest absolute Gasteiger partial charge is 0.379 e. The second kappa shape index (κ2) is 12.7. The molecular weight excluding hydrogens is 488 g/mol. The SMILES string of the molecule is CCCn1c(CCCC(=O)c2cc(C)nn2CC)nc2cc(C(N)=O)cc(SCCN3CCOCC3)c21. The van der Waals surface area contributed by atoms with Gasteiger partial charge in [0.2, 0.25) is 5.91 Å². The average Bonchev–Trinajstić information content (AvgIpc) is 3.44. The fraction of sp³-hybridized carbons (Fsp3) is 0.556. The number of hydrogen-bond acceptors (Lipinski definition) is 7. The zero-order chi connectivity index (χ0) is 26.4. The highest BCUT2D eigenvalue weighted by Gasteiger charge is 2.19. The van der Waals surface area contributed by atoms with Gasteiger partial charge in [0.05, 0.1) is 29.9 Å². The number of thioether (sulfide) groups is 1. The molecule has 1 aliphatic heterocycles. The van der Waals surface area contributed by atoms with Gasteiger partial charge in [0.15, 0.2) is 5.78 Å². The van der Waals surface area contributed by atoms with E-state index in [0.717, 1.165) is 79.0 Å². The Labute approximate surface area is 222 Å². The zero-order valence-corrected chi connectivity index (χ0v) is 23.0. The minimum Gasteiger partial charge on any atom is -0.379 e. The number of morpholine rings is 1. The van der Waals surface area contributed by atoms with Crippen molar-refractivity contribution in [3.63, 3.8) is 0 Å². The van der Waals surface area contributed by atoms with E-state index in [2.05, 4.69) is 21.5 Å². The Balaban J connectivity index is 1.54. The second-order valence-electron chi connectivity index (χ2n) is 9.45. The number of rotatable bonds is 13. The second-order valence-corrected chi connectivity index (χ2v) is 10.6. The molecule has 37 heavy (non-hydrogen) atoms. The van der Waals surface area contributed by atoms with E-state index in [9.17, 15) is 9.59 Å². The van der Waals surface area contributed by atoms with Crippen LogP contribution in [0.15, 0.2) is 23.1 Å². The highest BCUT2D eigenvalue weighted by molar-refractivity contribution is 7.99. The first kappa shape index (κ1) is 27.3. The lowest BCUT2D eigenvalue weighted by Crippen LogP contribution is -2.37. The summed E-state index contributed by atoms with van der Waals surface area (Å²) in [6.45, 7) is 12.0. The van der Waals surface area contributed by atoms with Crippen molar-refractivity contribution in [2.75, 3.05) is 38.6 Å². The molecule has 1 saturated heterocycles. The van der Waals surface area contributed by atoms with Crippen LogP contribution in [0.25, 0.3) is 11.0 Å². The van der Waals surface area contributed by atoms with Gasteiger partial charge in [-0.3, -0.25) is 19.2 Å². The molecule has 3 aromatic rings. The van der Waals surface area contributed by atoms with Gasteiger partial charge in [-0.15, -0.1) is 11.8 Å². The third kappa shape index (κ3) is 6.61. The Morgan fingerprint density at radius 3 is 2.62 bits per heavy atom. The summed E-state index contributed by atoms with van der Waals surface area (Å²) in [5.41, 5.74) is 9.53. The van der Waals surface area contributed by atoms with Gasteiger partial charge in [-0.25, -0.2) is 4.98 Å². The van der Waals surface area contributed by atoms with Gasteiger partial charge >= 0.3 is 0 Å². The first-order valence-corrected chi connectivity index (χ1v) is 14.2. The van der Waals surface area contributed by atoms with Gasteiger partial charge in [-0.1, -0.05) is 6.92 Å². The highest BCUT2D eigenvalue weighted by atomic mass is 32.2. The first-order valence-electron chi connectivity index (χ1n) is 13.2. The molecule has 4 rings (SSSR count). The molecule has 200 valence electrons. The van der Waals surface area contributed by atoms with Gasteiger partial charge in [-0.2, -0.15) is 5.10 Å². The number of aryl methyl sites for hydroxylation is 4. The molecule has 1 aliphatic rings. The minimum atomic E-state index is -0.447. The van der Waals surface area contributed by atoms with E-state index < -0.39 is 5.91 Å². The lowest BCUT2D eigenvalue weighted by Gasteiger charge is -2.26. The van der Waals surface area contributed by atoms with Crippen LogP contribution >= 0.6 is 11.8 Å². The van der Waals surface area contributed by atoms with Crippen molar-refractivity contribution >= 4 is 34.5 Å². The molecule has 2 N–H and O–H groups in total. The van der Waals surface area contributed by atoms with Crippen LogP contribution in [0.2, 0.25) is 0 Å². The van der Waals surface area contributed by atoms with E-state index in [1.807, 2.05) is 26.0 Å². The summed E-state index contributed by atoms with van der Waals surface area (Å²) in [5, 5.41) is 4.40. The maximum atomic E-state index is 12.9. The van der Waals surface area contributed by atoms with Crippen LogP contribution < -0.4 is 5.73 Å². The van der Waals surface area contributed by atoms with Crippen LogP contribution in [0.5, 0.6) is 0 Å². The number of ether oxygens (including phenoxy) is 1. The van der Waals surface area contributed by atoms with Crippen LogP contribution in [-0.4, -0.2) is 74.5 Å². The Morgan fingerprint density at radius 2 is 1.92 bits per heavy atom. The maximum Gasteiger partial charge on any atom is 0.248 e. The molecule has 2 aromatic heterocycles. The van der Waals surface area contributed by atoms with Crippen LogP contribution in [0.3, 0.4) is 0 Å². The number of nitrogens with zero attached hydrogens (tertiary/aromatic N) is 5. The molecule has 0 atom stereocenters. The number of hydrogen-bond donors (Lipinski definition) is 1. The summed E-state index contributed by atoms with van der Waals surface area (Å²) in [7, 11) is 0. The number of carbonyl (C=O) groups is 2. The van der Waals surface area contributed by atoms with E-state index in [1.165, 1.54) is 0 Å². The molecule has 9 nitrogen and oxygen atoms in total. The van der Waals surface area contributed by atoms with E-state index in [0.29, 0.717) is 37.1 Å². The van der Waals surface area contributed by atoms with E-state index in [4.69, 9.17) is 15.5 Å². The monoisotopic (exact) mass is 526 g/mol. The number of amides is 1. The molecular formula is C27H38N6O3S. The Bertz CT molecular complexity index is 1240. The van der Waals surface area contributed by atoms with E-state index in [-0.39, 0.29) is 5.78 Å². The van der Waals surface area contributed by atoms with E-state index >= 15 is 0 Å². The molecule has 0 bridgehead atoms. The quantitative estimate of drug-likeness (QED) is 0.267. The Hall–Kier alpha value is -2.69. The average molecular weight is 527 g/mol. The summed E-state index contributed by atoms with van der Waals surface area (Å²) >= 11 is 1.75. The summed E-state index contributed by atoms with van der Waals surface area (Å²) in [6, 6.07) is 5.57. The predicted molar refractivity (Wildman–Crippen MR) is 146 cm³/mol. The summed E-state index contributed by atoms with van der Waals surface area (Å²) in [4.78, 5) is 33.3. The topological polar surface area (TPSA) is 108 Å². The molecule has 0 radical (unpaired) electrons. The van der Waals surface area contributed by atoms with Gasteiger partial charge in [0.25, 0.3) is 0 Å². The lowest BCUT2D eigenvalue weighted by atomic mass is 10.1. The molecule has 3 heterocycles. The van der Waals surface area contributed by atoms with Crippen LogP contribution in [0, 0.1) is 6.92 Å². The molecule has 1 amide bonds. The fourth-order valence-corrected chi connectivity index (χ4v) is 5.97. The normalized spacial score (nSPS) is 14.5. The summed E-state index contributed by atoms with van der Waals surface area (Å²) in [6.07, 6.45) is 2.78. The predicted octanol–water partition coefficient (Wildman–Crippen LogP) is 3.70. The number of Topliss-reactive ketones (excluding diaryl/α,β-unsaturated/α-hetero) is 1. The molecule has 0 unspecified atom stereocenters. The van der Waals surface area contributed by atoms with Crippen molar-refractivity contribution in [3.05, 3.63) is 41.0 Å². The minimum absolute atomic E-state index is 0.107. The first-order chi connectivity index (χ1) is 17.9. The molecule has 0 spiro atoms. The third-order valence-electron chi connectivity index (χ3n) is 6.68. The Morgan fingerprint density at radius 1 is 1.14 bits per heavy atom. The van der Waals surface area contributed by atoms with Crippen molar-refractivity contribution < 1.29 is 14.3 Å². The number of aromatic nitrogens is 4. The number of benzene rings is 1.